The fraction of sp³-hybridized carbons (Fsp3) is 0.447. The summed E-state index contributed by atoms with van der Waals surface area (Å²) in [4.78, 5) is 32.1. The number of hydrogen-bond donors (Lipinski definition) is 1. The van der Waals surface area contributed by atoms with Crippen molar-refractivity contribution in [3.63, 3.8) is 0 Å². The highest BCUT2D eigenvalue weighted by atomic mass is 28.4. The summed E-state index contributed by atoms with van der Waals surface area (Å²) in [5.74, 6) is 1.10. The Labute approximate surface area is 298 Å². The van der Waals surface area contributed by atoms with Crippen molar-refractivity contribution < 1.29 is 41.1 Å². The number of nitrogens with zero attached hydrogens (tertiary/aromatic N) is 2. The van der Waals surface area contributed by atoms with Crippen molar-refractivity contribution in [2.75, 3.05) is 25.1 Å². The van der Waals surface area contributed by atoms with E-state index in [0.717, 1.165) is 18.3 Å². The summed E-state index contributed by atoms with van der Waals surface area (Å²) in [6, 6.07) is 7.67. The molecule has 51 heavy (non-hydrogen) atoms. The highest BCUT2D eigenvalue weighted by Gasteiger charge is 2.40. The Morgan fingerprint density at radius 1 is 0.980 bits per heavy atom. The van der Waals surface area contributed by atoms with Gasteiger partial charge in [0.05, 0.1) is 49.4 Å². The van der Waals surface area contributed by atoms with E-state index in [4.69, 9.17) is 13.9 Å². The highest BCUT2D eigenvalue weighted by molar-refractivity contribution is 6.74. The molecule has 8 nitrogen and oxygen atoms in total. The van der Waals surface area contributed by atoms with Crippen molar-refractivity contribution in [1.82, 2.24) is 9.88 Å². The van der Waals surface area contributed by atoms with Crippen molar-refractivity contribution in [3.8, 4) is 11.8 Å². The Bertz CT molecular complexity index is 1760. The summed E-state index contributed by atoms with van der Waals surface area (Å²) in [5.41, 5.74) is -0.386. The molecule has 1 fully saturated rings. The summed E-state index contributed by atoms with van der Waals surface area (Å²) in [7, 11) is -2.15. The number of nitrogens with one attached hydrogen (secondary N) is 1. The molecule has 1 aromatic heterocycles. The lowest BCUT2D eigenvalue weighted by Gasteiger charge is -2.42. The number of benzene rings is 2. The van der Waals surface area contributed by atoms with Crippen molar-refractivity contribution in [3.05, 3.63) is 94.8 Å². The molecule has 1 aliphatic rings. The van der Waals surface area contributed by atoms with E-state index in [1.807, 2.05) is 0 Å². The summed E-state index contributed by atoms with van der Waals surface area (Å²) in [6.45, 7) is 16.3. The van der Waals surface area contributed by atoms with Gasteiger partial charge in [0, 0.05) is 18.4 Å². The molecular weight excluding hydrogens is 683 g/mol. The van der Waals surface area contributed by atoms with E-state index in [1.54, 1.807) is 20.8 Å². The lowest BCUT2D eigenvalue weighted by molar-refractivity contribution is -0.116. The second kappa shape index (κ2) is 16.0. The monoisotopic (exact) mass is 727 g/mol. The van der Waals surface area contributed by atoms with Gasteiger partial charge in [-0.3, -0.25) is 14.7 Å². The first-order valence-corrected chi connectivity index (χ1v) is 19.5. The maximum Gasteiger partial charge on any atom is 0.410 e. The van der Waals surface area contributed by atoms with Crippen LogP contribution in [0.25, 0.3) is 0 Å². The van der Waals surface area contributed by atoms with Gasteiger partial charge in [0.15, 0.2) is 14.1 Å². The number of halogens is 4. The molecule has 1 N–H and O–H groups in total. The van der Waals surface area contributed by atoms with Gasteiger partial charge < -0.3 is 19.2 Å². The standard InChI is InChI=1S/C38H45F4N3O5Si/c1-37(2,3)50-36(47)45-21-30(48-22-29(45)23-49-51(7,8)38(4,5)6)13-14-31-33(42)19-43-20-34(31)44-35(46)18-32(24-9-11-26(39)12-10-24)25-15-27(40)17-28(41)16-25/h9-12,15-17,19-20,29-30,32H,18,21-23H2,1-8H3,(H,44,46). The number of amides is 2. The number of ether oxygens (including phenoxy) is 2. The third-order valence-electron chi connectivity index (χ3n) is 8.84. The Morgan fingerprint density at radius 2 is 1.63 bits per heavy atom. The number of morpholine rings is 1. The molecule has 274 valence electrons. The predicted molar refractivity (Wildman–Crippen MR) is 189 cm³/mol. The number of hydrogen-bond acceptors (Lipinski definition) is 6. The van der Waals surface area contributed by atoms with E-state index in [-0.39, 0.29) is 48.0 Å². The van der Waals surface area contributed by atoms with Gasteiger partial charge in [0.25, 0.3) is 0 Å². The molecule has 2 aromatic carbocycles. The molecule has 1 saturated heterocycles. The van der Waals surface area contributed by atoms with E-state index in [9.17, 15) is 22.8 Å². The zero-order valence-corrected chi connectivity index (χ0v) is 31.2. The quantitative estimate of drug-likeness (QED) is 0.143. The van der Waals surface area contributed by atoms with Crippen LogP contribution in [0.3, 0.4) is 0 Å². The van der Waals surface area contributed by atoms with Gasteiger partial charge in [-0.1, -0.05) is 44.7 Å². The Hall–Kier alpha value is -4.25. The zero-order valence-electron chi connectivity index (χ0n) is 30.2. The average molecular weight is 728 g/mol. The molecule has 2 heterocycles. The molecule has 1 aliphatic heterocycles. The molecule has 3 aromatic rings. The maximum absolute atomic E-state index is 15.2. The maximum atomic E-state index is 15.2. The number of anilines is 1. The summed E-state index contributed by atoms with van der Waals surface area (Å²) in [6.07, 6.45) is 0.455. The van der Waals surface area contributed by atoms with Gasteiger partial charge in [0.1, 0.15) is 29.2 Å². The van der Waals surface area contributed by atoms with Gasteiger partial charge >= 0.3 is 6.09 Å². The van der Waals surface area contributed by atoms with Crippen LogP contribution < -0.4 is 5.32 Å². The lowest BCUT2D eigenvalue weighted by atomic mass is 9.88. The summed E-state index contributed by atoms with van der Waals surface area (Å²) in [5, 5.41) is 2.56. The van der Waals surface area contributed by atoms with Gasteiger partial charge in [0.2, 0.25) is 5.91 Å². The second-order valence-electron chi connectivity index (χ2n) is 15.1. The first-order valence-electron chi connectivity index (χ1n) is 16.6. The number of aromatic nitrogens is 1. The van der Waals surface area contributed by atoms with E-state index in [1.165, 1.54) is 35.4 Å². The summed E-state index contributed by atoms with van der Waals surface area (Å²) >= 11 is 0. The molecule has 4 rings (SSSR count). The van der Waals surface area contributed by atoms with Crippen molar-refractivity contribution in [2.24, 2.45) is 0 Å². The number of rotatable bonds is 8. The molecule has 0 radical (unpaired) electrons. The Kier molecular flexibility index (Phi) is 12.4. The SMILES string of the molecule is CC(C)(C)OC(=O)N1CC(C#Cc2c(F)cncc2NC(=O)CC(c2ccc(F)cc2)c2cc(F)cc(F)c2)OCC1CO[Si](C)(C)C(C)(C)C. The minimum absolute atomic E-state index is 0.0192. The first kappa shape index (κ1) is 39.5. The van der Waals surface area contributed by atoms with E-state index >= 15 is 4.39 Å². The van der Waals surface area contributed by atoms with Crippen LogP contribution in [-0.4, -0.2) is 67.7 Å². The van der Waals surface area contributed by atoms with Gasteiger partial charge in [-0.25, -0.2) is 22.4 Å². The predicted octanol–water partition coefficient (Wildman–Crippen LogP) is 8.18. The fourth-order valence-electron chi connectivity index (χ4n) is 5.08. The minimum atomic E-state index is -2.15. The van der Waals surface area contributed by atoms with Crippen LogP contribution in [0.4, 0.5) is 28.0 Å². The average Bonchev–Trinajstić information content (AvgIpc) is 3.01. The van der Waals surface area contributed by atoms with Crippen LogP contribution in [0.1, 0.15) is 70.6 Å². The largest absolute Gasteiger partial charge is 0.444 e. The smallest absolute Gasteiger partial charge is 0.410 e. The normalized spacial score (nSPS) is 17.3. The molecular formula is C38H45F4N3O5Si. The van der Waals surface area contributed by atoms with Crippen LogP contribution in [0, 0.1) is 35.1 Å². The molecule has 3 atom stereocenters. The second-order valence-corrected chi connectivity index (χ2v) is 19.9. The van der Waals surface area contributed by atoms with Crippen LogP contribution >= 0.6 is 0 Å². The topological polar surface area (TPSA) is 90.0 Å². The van der Waals surface area contributed by atoms with Crippen LogP contribution in [-0.2, 0) is 18.7 Å². The third-order valence-corrected chi connectivity index (χ3v) is 13.3. The molecule has 2 amide bonds. The fourth-order valence-corrected chi connectivity index (χ4v) is 6.13. The minimum Gasteiger partial charge on any atom is -0.444 e. The number of carbonyl (C=O) groups excluding carboxylic acids is 2. The highest BCUT2D eigenvalue weighted by Crippen LogP contribution is 2.37. The molecule has 0 saturated carbocycles. The van der Waals surface area contributed by atoms with Gasteiger partial charge in [-0.05, 0) is 74.3 Å². The van der Waals surface area contributed by atoms with Gasteiger partial charge in [-0.2, -0.15) is 0 Å². The van der Waals surface area contributed by atoms with Crippen LogP contribution in [0.2, 0.25) is 18.1 Å². The van der Waals surface area contributed by atoms with E-state index in [0.29, 0.717) is 11.6 Å². The van der Waals surface area contributed by atoms with Crippen molar-refractivity contribution in [2.45, 2.75) is 89.8 Å². The molecule has 13 heteroatoms. The third kappa shape index (κ3) is 10.9. The number of pyridine rings is 1. The number of carbonyl (C=O) groups is 2. The first-order chi connectivity index (χ1) is 23.7. The van der Waals surface area contributed by atoms with Crippen molar-refractivity contribution >= 4 is 26.0 Å². The molecule has 0 spiro atoms. The molecule has 0 bridgehead atoms. The van der Waals surface area contributed by atoms with Gasteiger partial charge in [-0.15, -0.1) is 0 Å². The Morgan fingerprint density at radius 3 is 2.24 bits per heavy atom. The lowest BCUT2D eigenvalue weighted by Crippen LogP contribution is -2.56. The molecule has 3 unspecified atom stereocenters. The molecule has 0 aliphatic carbocycles. The Balaban J connectivity index is 1.55. The van der Waals surface area contributed by atoms with E-state index in [2.05, 4.69) is 56.0 Å². The summed E-state index contributed by atoms with van der Waals surface area (Å²) < 4.78 is 75.3. The van der Waals surface area contributed by atoms with Crippen LogP contribution in [0.15, 0.2) is 54.9 Å². The van der Waals surface area contributed by atoms with E-state index < -0.39 is 67.3 Å². The zero-order chi connectivity index (χ0) is 37.7. The van der Waals surface area contributed by atoms with Crippen molar-refractivity contribution in [1.29, 1.82) is 0 Å². The van der Waals surface area contributed by atoms with Crippen LogP contribution in [0.5, 0.6) is 0 Å².